The number of hydrogen-bond acceptors (Lipinski definition) is 9. The topological polar surface area (TPSA) is 124 Å². The molecule has 0 spiro atoms. The number of halogens is 4. The summed E-state index contributed by atoms with van der Waals surface area (Å²) in [5.74, 6) is -1.03. The third-order valence-corrected chi connectivity index (χ3v) is 6.56. The first-order chi connectivity index (χ1) is 18.1. The Bertz CT molecular complexity index is 1480. The van der Waals surface area contributed by atoms with Gasteiger partial charge >= 0.3 is 0 Å². The van der Waals surface area contributed by atoms with E-state index >= 15 is 0 Å². The SMILES string of the molecule is CN=C(N)S[C@](C)(Cc1cc(Nc2nccc3nc(OCc4ncc(C)o4)cnc23)cc(F)c1F)C(F)F. The lowest BCUT2D eigenvalue weighted by Crippen LogP contribution is -2.36. The van der Waals surface area contributed by atoms with Crippen molar-refractivity contribution in [3.05, 3.63) is 65.6 Å². The van der Waals surface area contributed by atoms with Crippen molar-refractivity contribution in [2.45, 2.75) is 38.0 Å². The number of nitrogens with one attached hydrogen (secondary N) is 1. The number of thioether (sulfide) groups is 1. The first kappa shape index (κ1) is 27.1. The molecule has 3 heterocycles. The Morgan fingerprint density at radius 3 is 2.71 bits per heavy atom. The molecule has 4 aromatic rings. The van der Waals surface area contributed by atoms with E-state index in [0.717, 1.165) is 6.07 Å². The number of fused-ring (bicyclic) bond motifs is 1. The van der Waals surface area contributed by atoms with Crippen molar-refractivity contribution < 1.29 is 26.7 Å². The fourth-order valence-electron chi connectivity index (χ4n) is 3.50. The maximum absolute atomic E-state index is 14.6. The van der Waals surface area contributed by atoms with Crippen molar-refractivity contribution >= 4 is 39.5 Å². The summed E-state index contributed by atoms with van der Waals surface area (Å²) in [6.45, 7) is 3.02. The molecule has 9 nitrogen and oxygen atoms in total. The number of aliphatic imine (C=N–C) groups is 1. The Morgan fingerprint density at radius 1 is 1.24 bits per heavy atom. The summed E-state index contributed by atoms with van der Waals surface area (Å²) in [6.07, 6.45) is 0.966. The molecule has 1 atom stereocenters. The molecule has 3 N–H and O–H groups in total. The average Bonchev–Trinajstić information content (AvgIpc) is 3.30. The van der Waals surface area contributed by atoms with E-state index in [-0.39, 0.29) is 34.7 Å². The number of aromatic nitrogens is 4. The van der Waals surface area contributed by atoms with Crippen LogP contribution in [0.5, 0.6) is 5.88 Å². The van der Waals surface area contributed by atoms with Gasteiger partial charge in [-0.15, -0.1) is 0 Å². The molecule has 1 aromatic carbocycles. The van der Waals surface area contributed by atoms with Gasteiger partial charge in [-0.1, -0.05) is 11.8 Å². The number of pyridine rings is 1. The zero-order valence-corrected chi connectivity index (χ0v) is 21.3. The molecule has 3 aromatic heterocycles. The van der Waals surface area contributed by atoms with Crippen LogP contribution in [-0.2, 0) is 13.0 Å². The molecule has 14 heteroatoms. The van der Waals surface area contributed by atoms with Crippen molar-refractivity contribution in [2.24, 2.45) is 10.7 Å². The molecular formula is C24H23F4N7O2S. The standard InChI is InChI=1S/C24H23F4N7O2S/c1-12-9-32-18(37-12)11-36-17-10-33-20-16(35-17)4-5-31-21(20)34-14-6-13(19(26)15(25)7-14)8-24(2,22(27)28)38-23(29)30-3/h4-7,9-10,22H,8,11H2,1-3H3,(H2,29,30)(H,31,34)/t24-/m1/s1. The minimum atomic E-state index is -2.90. The lowest BCUT2D eigenvalue weighted by atomic mass is 9.99. The predicted octanol–water partition coefficient (Wildman–Crippen LogP) is 5.17. The van der Waals surface area contributed by atoms with Gasteiger partial charge in [0.05, 0.1) is 22.7 Å². The highest BCUT2D eigenvalue weighted by atomic mass is 32.2. The number of oxazole rings is 1. The molecule has 0 saturated heterocycles. The van der Waals surface area contributed by atoms with Crippen LogP contribution in [0.1, 0.15) is 24.1 Å². The summed E-state index contributed by atoms with van der Waals surface area (Å²) in [7, 11) is 1.35. The van der Waals surface area contributed by atoms with E-state index in [9.17, 15) is 17.6 Å². The highest BCUT2D eigenvalue weighted by molar-refractivity contribution is 8.15. The maximum atomic E-state index is 14.6. The van der Waals surface area contributed by atoms with Gasteiger partial charge in [0.2, 0.25) is 11.8 Å². The van der Waals surface area contributed by atoms with E-state index in [1.807, 2.05) is 0 Å². The lowest BCUT2D eigenvalue weighted by molar-refractivity contribution is 0.106. The van der Waals surface area contributed by atoms with Gasteiger partial charge in [0.1, 0.15) is 11.3 Å². The summed E-state index contributed by atoms with van der Waals surface area (Å²) < 4.78 is 66.0. The van der Waals surface area contributed by atoms with E-state index < -0.39 is 29.2 Å². The van der Waals surface area contributed by atoms with E-state index in [1.165, 1.54) is 32.4 Å². The Hall–Kier alpha value is -3.94. The van der Waals surface area contributed by atoms with Crippen LogP contribution >= 0.6 is 11.8 Å². The molecule has 0 aliphatic heterocycles. The van der Waals surface area contributed by atoms with Crippen molar-refractivity contribution in [2.75, 3.05) is 12.4 Å². The zero-order chi connectivity index (χ0) is 27.4. The molecule has 0 unspecified atom stereocenters. The second kappa shape index (κ2) is 11.2. The van der Waals surface area contributed by atoms with Gasteiger partial charge in [0.15, 0.2) is 29.2 Å². The van der Waals surface area contributed by atoms with Crippen LogP contribution in [0.25, 0.3) is 11.0 Å². The number of amidine groups is 1. The Morgan fingerprint density at radius 2 is 2.03 bits per heavy atom. The van der Waals surface area contributed by atoms with Gasteiger partial charge in [-0.3, -0.25) is 4.99 Å². The van der Waals surface area contributed by atoms with Crippen LogP contribution in [0.3, 0.4) is 0 Å². The third kappa shape index (κ3) is 6.13. The van der Waals surface area contributed by atoms with E-state index in [2.05, 4.69) is 30.2 Å². The van der Waals surface area contributed by atoms with E-state index in [4.69, 9.17) is 14.9 Å². The maximum Gasteiger partial charge on any atom is 0.253 e. The summed E-state index contributed by atoms with van der Waals surface area (Å²) >= 11 is 0.597. The number of anilines is 2. The molecule has 0 radical (unpaired) electrons. The number of alkyl halides is 2. The zero-order valence-electron chi connectivity index (χ0n) is 20.5. The first-order valence-corrected chi connectivity index (χ1v) is 12.0. The minimum Gasteiger partial charge on any atom is -0.467 e. The third-order valence-electron chi connectivity index (χ3n) is 5.38. The molecule has 0 bridgehead atoms. The van der Waals surface area contributed by atoms with Gasteiger partial charge < -0.3 is 20.2 Å². The second-order valence-corrected chi connectivity index (χ2v) is 9.95. The van der Waals surface area contributed by atoms with Crippen LogP contribution in [0.2, 0.25) is 0 Å². The van der Waals surface area contributed by atoms with Crippen molar-refractivity contribution in [3.8, 4) is 5.88 Å². The van der Waals surface area contributed by atoms with Gasteiger partial charge in [-0.05, 0) is 38.0 Å². The summed E-state index contributed by atoms with van der Waals surface area (Å²) in [4.78, 5) is 20.6. The van der Waals surface area contributed by atoms with Gasteiger partial charge in [0, 0.05) is 25.0 Å². The Labute approximate surface area is 219 Å². The predicted molar refractivity (Wildman–Crippen MR) is 136 cm³/mol. The molecule has 0 saturated carbocycles. The van der Waals surface area contributed by atoms with E-state index in [0.29, 0.717) is 34.4 Å². The minimum absolute atomic E-state index is 0.0490. The number of benzene rings is 1. The normalized spacial score (nSPS) is 13.6. The highest BCUT2D eigenvalue weighted by Gasteiger charge is 2.38. The van der Waals surface area contributed by atoms with Gasteiger partial charge in [-0.2, -0.15) is 0 Å². The number of ether oxygens (including phenoxy) is 1. The fraction of sp³-hybridized carbons (Fsp3) is 0.292. The average molecular weight is 550 g/mol. The number of hydrogen-bond donors (Lipinski definition) is 2. The van der Waals surface area contributed by atoms with Gasteiger partial charge in [0.25, 0.3) is 6.43 Å². The van der Waals surface area contributed by atoms with Crippen LogP contribution in [-0.4, -0.2) is 43.3 Å². The molecule has 0 amide bonds. The first-order valence-electron chi connectivity index (χ1n) is 11.2. The Balaban J connectivity index is 1.59. The molecular weight excluding hydrogens is 526 g/mol. The summed E-state index contributed by atoms with van der Waals surface area (Å²) in [5, 5.41) is 2.78. The smallest absolute Gasteiger partial charge is 0.253 e. The number of aryl methyl sites for hydroxylation is 1. The largest absolute Gasteiger partial charge is 0.467 e. The molecule has 38 heavy (non-hydrogen) atoms. The fourth-order valence-corrected chi connectivity index (χ4v) is 4.38. The monoisotopic (exact) mass is 549 g/mol. The van der Waals surface area contributed by atoms with E-state index in [1.54, 1.807) is 19.2 Å². The van der Waals surface area contributed by atoms with Crippen LogP contribution in [0, 0.1) is 18.6 Å². The molecule has 200 valence electrons. The molecule has 0 fully saturated rings. The van der Waals surface area contributed by atoms with Crippen molar-refractivity contribution in [1.29, 1.82) is 0 Å². The molecule has 4 rings (SSSR count). The quantitative estimate of drug-likeness (QED) is 0.165. The number of rotatable bonds is 9. The number of nitrogens with zero attached hydrogens (tertiary/aromatic N) is 5. The van der Waals surface area contributed by atoms with Crippen LogP contribution in [0.4, 0.5) is 29.1 Å². The van der Waals surface area contributed by atoms with Gasteiger partial charge in [-0.25, -0.2) is 37.5 Å². The second-order valence-electron chi connectivity index (χ2n) is 8.40. The molecule has 0 aliphatic rings. The van der Waals surface area contributed by atoms with Crippen molar-refractivity contribution in [1.82, 2.24) is 19.9 Å². The van der Waals surface area contributed by atoms with Crippen molar-refractivity contribution in [3.63, 3.8) is 0 Å². The summed E-state index contributed by atoms with van der Waals surface area (Å²) in [6, 6.07) is 3.73. The lowest BCUT2D eigenvalue weighted by Gasteiger charge is -2.28. The van der Waals surface area contributed by atoms with Crippen LogP contribution < -0.4 is 15.8 Å². The Kier molecular flexibility index (Phi) is 7.99. The highest BCUT2D eigenvalue weighted by Crippen LogP contribution is 2.37. The van der Waals surface area contributed by atoms with Crippen LogP contribution in [0.15, 0.2) is 46.2 Å². The number of nitrogens with two attached hydrogens (primary N) is 1. The molecule has 0 aliphatic carbocycles. The summed E-state index contributed by atoms with van der Waals surface area (Å²) in [5.41, 5.74) is 6.16.